The molecule has 0 spiro atoms. The van der Waals surface area contributed by atoms with Crippen molar-refractivity contribution in [3.05, 3.63) is 107 Å². The molecule has 0 radical (unpaired) electrons. The van der Waals surface area contributed by atoms with Crippen LogP contribution in [0, 0.1) is 0 Å². The second kappa shape index (κ2) is 14.0. The van der Waals surface area contributed by atoms with Crippen LogP contribution in [0.2, 0.25) is 0 Å². The average Bonchev–Trinajstić information content (AvgIpc) is 2.87. The van der Waals surface area contributed by atoms with Gasteiger partial charge < -0.3 is 10.2 Å². The van der Waals surface area contributed by atoms with Gasteiger partial charge in [-0.05, 0) is 35.1 Å². The highest BCUT2D eigenvalue weighted by Gasteiger charge is 2.19. The molecule has 0 bridgehead atoms. The smallest absolute Gasteiger partial charge is 0.0587 e. The Morgan fingerprint density at radius 1 is 0.529 bits per heavy atom. The summed E-state index contributed by atoms with van der Waals surface area (Å²) in [6.07, 6.45) is 1.81. The van der Waals surface area contributed by atoms with Crippen molar-refractivity contribution < 1.29 is 10.2 Å². The van der Waals surface area contributed by atoms with Crippen molar-refractivity contribution in [1.29, 1.82) is 0 Å². The number of aliphatic hydroxyl groups is 2. The van der Waals surface area contributed by atoms with Gasteiger partial charge in [-0.25, -0.2) is 0 Å². The van der Waals surface area contributed by atoms with Crippen molar-refractivity contribution in [2.24, 2.45) is 0 Å². The summed E-state index contributed by atoms with van der Waals surface area (Å²) in [5.74, 6) is 0. The van der Waals surface area contributed by atoms with Gasteiger partial charge in [0.1, 0.15) is 0 Å². The molecular formula is C30H40N2O2. The molecule has 0 aliphatic rings. The van der Waals surface area contributed by atoms with Crippen LogP contribution in [0.4, 0.5) is 0 Å². The number of hydrogen-bond donors (Lipinski definition) is 2. The van der Waals surface area contributed by atoms with Crippen molar-refractivity contribution in [1.82, 2.24) is 9.80 Å². The normalized spacial score (nSPS) is 13.4. The first kappa shape index (κ1) is 26.1. The molecule has 34 heavy (non-hydrogen) atoms. The predicted octanol–water partition coefficient (Wildman–Crippen LogP) is 5.23. The van der Waals surface area contributed by atoms with Gasteiger partial charge in [0, 0.05) is 38.3 Å². The van der Waals surface area contributed by atoms with Gasteiger partial charge in [0.25, 0.3) is 0 Å². The summed E-state index contributed by atoms with van der Waals surface area (Å²) in [7, 11) is 0. The molecule has 2 atom stereocenters. The topological polar surface area (TPSA) is 46.9 Å². The molecule has 2 N–H and O–H groups in total. The Morgan fingerprint density at radius 3 is 1.24 bits per heavy atom. The Kier molecular flexibility index (Phi) is 10.8. The molecule has 182 valence electrons. The molecule has 3 rings (SSSR count). The van der Waals surface area contributed by atoms with Crippen LogP contribution in [0.1, 0.15) is 48.9 Å². The summed E-state index contributed by atoms with van der Waals surface area (Å²) in [4.78, 5) is 4.75. The highest BCUT2D eigenvalue weighted by Crippen LogP contribution is 2.19. The molecule has 0 heterocycles. The largest absolute Gasteiger partial charge is 0.395 e. The van der Waals surface area contributed by atoms with E-state index in [0.29, 0.717) is 0 Å². The fraction of sp³-hybridized carbons (Fsp3) is 0.400. The number of hydrogen-bond acceptors (Lipinski definition) is 4. The van der Waals surface area contributed by atoms with Crippen molar-refractivity contribution in [3.8, 4) is 0 Å². The summed E-state index contributed by atoms with van der Waals surface area (Å²) in [6, 6.07) is 30.0. The second-order valence-electron chi connectivity index (χ2n) is 9.09. The van der Waals surface area contributed by atoms with Gasteiger partial charge in [0.05, 0.1) is 13.2 Å². The molecule has 0 saturated heterocycles. The van der Waals surface area contributed by atoms with Crippen molar-refractivity contribution in [3.63, 3.8) is 0 Å². The molecule has 0 fully saturated rings. The van der Waals surface area contributed by atoms with Gasteiger partial charge in [-0.3, -0.25) is 9.80 Å². The Balaban J connectivity index is 1.77. The average molecular weight is 461 g/mol. The van der Waals surface area contributed by atoms with Gasteiger partial charge in [0.2, 0.25) is 0 Å². The van der Waals surface area contributed by atoms with E-state index in [2.05, 4.69) is 96.4 Å². The maximum absolute atomic E-state index is 10.0. The zero-order valence-electron chi connectivity index (χ0n) is 20.7. The SMILES string of the molecule is CC[C@H](CO)N(Cc1ccccc1)Cc1cccc(CN(Cc2ccccc2)[C@H](CC)CO)c1. The fourth-order valence-electron chi connectivity index (χ4n) is 4.56. The lowest BCUT2D eigenvalue weighted by atomic mass is 10.1. The standard InChI is InChI=1S/C30H40N2O2/c1-3-29(23-33)31(19-25-12-7-5-8-13-25)21-27-16-11-17-28(18-27)22-32(30(4-2)24-34)20-26-14-9-6-10-15-26/h5-18,29-30,33-34H,3-4,19-24H2,1-2H3/t29-,30-/m1/s1. The third kappa shape index (κ3) is 7.78. The number of rotatable bonds is 14. The monoisotopic (exact) mass is 460 g/mol. The molecule has 0 unspecified atom stereocenters. The van der Waals surface area contributed by atoms with E-state index in [0.717, 1.165) is 39.0 Å². The predicted molar refractivity (Wildman–Crippen MR) is 140 cm³/mol. The number of nitrogens with zero attached hydrogens (tertiary/aromatic N) is 2. The lowest BCUT2D eigenvalue weighted by Gasteiger charge is -2.31. The van der Waals surface area contributed by atoms with Gasteiger partial charge in [-0.2, -0.15) is 0 Å². The minimum Gasteiger partial charge on any atom is -0.395 e. The van der Waals surface area contributed by atoms with E-state index < -0.39 is 0 Å². The summed E-state index contributed by atoms with van der Waals surface area (Å²) < 4.78 is 0. The molecule has 0 aromatic heterocycles. The summed E-state index contributed by atoms with van der Waals surface area (Å²) >= 11 is 0. The van der Waals surface area contributed by atoms with Crippen LogP contribution in [0.25, 0.3) is 0 Å². The Morgan fingerprint density at radius 2 is 0.882 bits per heavy atom. The Hall–Kier alpha value is -2.50. The van der Waals surface area contributed by atoms with Crippen LogP contribution >= 0.6 is 0 Å². The van der Waals surface area contributed by atoms with Crippen LogP contribution in [-0.2, 0) is 26.2 Å². The van der Waals surface area contributed by atoms with E-state index in [9.17, 15) is 10.2 Å². The zero-order valence-corrected chi connectivity index (χ0v) is 20.7. The summed E-state index contributed by atoms with van der Waals surface area (Å²) in [5, 5.41) is 20.0. The van der Waals surface area contributed by atoms with Gasteiger partial charge in [0.15, 0.2) is 0 Å². The van der Waals surface area contributed by atoms with Crippen molar-refractivity contribution in [2.75, 3.05) is 13.2 Å². The van der Waals surface area contributed by atoms with Gasteiger partial charge in [-0.1, -0.05) is 98.8 Å². The quantitative estimate of drug-likeness (QED) is 0.346. The molecule has 0 aliphatic carbocycles. The fourth-order valence-corrected chi connectivity index (χ4v) is 4.56. The minimum absolute atomic E-state index is 0.123. The minimum atomic E-state index is 0.123. The first-order valence-corrected chi connectivity index (χ1v) is 12.5. The van der Waals surface area contributed by atoms with Crippen LogP contribution in [0.5, 0.6) is 0 Å². The lowest BCUT2D eigenvalue weighted by molar-refractivity contribution is 0.105. The molecule has 0 saturated carbocycles. The Labute approximate surface area is 205 Å². The number of aliphatic hydroxyl groups excluding tert-OH is 2. The van der Waals surface area contributed by atoms with E-state index in [1.807, 2.05) is 12.1 Å². The van der Waals surface area contributed by atoms with E-state index in [1.165, 1.54) is 22.3 Å². The van der Waals surface area contributed by atoms with Crippen LogP contribution in [0.3, 0.4) is 0 Å². The van der Waals surface area contributed by atoms with Crippen LogP contribution in [-0.4, -0.2) is 45.3 Å². The molecular weight excluding hydrogens is 420 g/mol. The lowest BCUT2D eigenvalue weighted by Crippen LogP contribution is -2.37. The molecule has 3 aromatic carbocycles. The molecule has 4 heteroatoms. The van der Waals surface area contributed by atoms with Crippen LogP contribution in [0.15, 0.2) is 84.9 Å². The molecule has 4 nitrogen and oxygen atoms in total. The van der Waals surface area contributed by atoms with E-state index in [-0.39, 0.29) is 25.3 Å². The van der Waals surface area contributed by atoms with Gasteiger partial charge >= 0.3 is 0 Å². The van der Waals surface area contributed by atoms with E-state index in [4.69, 9.17) is 0 Å². The first-order valence-electron chi connectivity index (χ1n) is 12.5. The van der Waals surface area contributed by atoms with Crippen molar-refractivity contribution >= 4 is 0 Å². The van der Waals surface area contributed by atoms with E-state index in [1.54, 1.807) is 0 Å². The molecule has 0 aliphatic heterocycles. The number of benzene rings is 3. The van der Waals surface area contributed by atoms with Crippen molar-refractivity contribution in [2.45, 2.75) is 65.0 Å². The summed E-state index contributed by atoms with van der Waals surface area (Å²) in [5.41, 5.74) is 5.01. The maximum atomic E-state index is 10.0. The van der Waals surface area contributed by atoms with E-state index >= 15 is 0 Å². The highest BCUT2D eigenvalue weighted by atomic mass is 16.3. The third-order valence-corrected chi connectivity index (χ3v) is 6.62. The maximum Gasteiger partial charge on any atom is 0.0587 e. The zero-order chi connectivity index (χ0) is 24.2. The molecule has 3 aromatic rings. The molecule has 0 amide bonds. The summed E-state index contributed by atoms with van der Waals surface area (Å²) in [6.45, 7) is 7.78. The van der Waals surface area contributed by atoms with Gasteiger partial charge in [-0.15, -0.1) is 0 Å². The Bertz CT molecular complexity index is 866. The highest BCUT2D eigenvalue weighted by molar-refractivity contribution is 5.24. The second-order valence-corrected chi connectivity index (χ2v) is 9.09. The van der Waals surface area contributed by atoms with Crippen LogP contribution < -0.4 is 0 Å². The first-order chi connectivity index (χ1) is 16.7. The third-order valence-electron chi connectivity index (χ3n) is 6.62.